The Labute approximate surface area is 207 Å². The summed E-state index contributed by atoms with van der Waals surface area (Å²) < 4.78 is 20.1. The number of carbonyl (C=O) groups excluding carboxylic acids is 3. The van der Waals surface area contributed by atoms with Crippen LogP contribution in [0.25, 0.3) is 0 Å². The molecular weight excluding hydrogens is 469 g/mol. The number of thiophene rings is 1. The minimum Gasteiger partial charge on any atom is -0.467 e. The number of nitrogens with one attached hydrogen (secondary N) is 2. The zero-order valence-electron chi connectivity index (χ0n) is 19.5. The molecule has 3 amide bonds. The van der Waals surface area contributed by atoms with Gasteiger partial charge in [-0.1, -0.05) is 31.4 Å². The zero-order valence-corrected chi connectivity index (χ0v) is 20.3. The second kappa shape index (κ2) is 11.3. The minimum atomic E-state index is -1.17. The van der Waals surface area contributed by atoms with Crippen molar-refractivity contribution in [2.45, 2.75) is 51.1 Å². The summed E-state index contributed by atoms with van der Waals surface area (Å²) in [6, 6.07) is 9.82. The van der Waals surface area contributed by atoms with Crippen molar-refractivity contribution < 1.29 is 23.2 Å². The third kappa shape index (κ3) is 5.97. The van der Waals surface area contributed by atoms with Gasteiger partial charge in [0.1, 0.15) is 11.6 Å². The maximum atomic E-state index is 14.6. The van der Waals surface area contributed by atoms with Crippen molar-refractivity contribution in [2.24, 2.45) is 0 Å². The fourth-order valence-corrected chi connectivity index (χ4v) is 4.89. The van der Waals surface area contributed by atoms with E-state index in [1.54, 1.807) is 48.7 Å². The van der Waals surface area contributed by atoms with Crippen LogP contribution in [-0.4, -0.2) is 30.3 Å². The Bertz CT molecular complexity index is 1160. The molecule has 1 aliphatic rings. The van der Waals surface area contributed by atoms with Gasteiger partial charge in [0, 0.05) is 11.7 Å². The molecule has 1 saturated carbocycles. The molecule has 0 radical (unpaired) electrons. The van der Waals surface area contributed by atoms with E-state index < -0.39 is 29.6 Å². The van der Waals surface area contributed by atoms with Crippen LogP contribution in [0.5, 0.6) is 0 Å². The lowest BCUT2D eigenvalue weighted by molar-refractivity contribution is -0.127. The lowest BCUT2D eigenvalue weighted by atomic mass is 9.95. The van der Waals surface area contributed by atoms with Crippen molar-refractivity contribution in [2.75, 3.05) is 11.4 Å². The molecule has 0 saturated heterocycles. The summed E-state index contributed by atoms with van der Waals surface area (Å²) in [6.07, 6.45) is 6.33. The van der Waals surface area contributed by atoms with Crippen LogP contribution in [0.1, 0.15) is 59.1 Å². The number of anilines is 1. The number of rotatable bonds is 8. The molecule has 7 nitrogen and oxygen atoms in total. The summed E-state index contributed by atoms with van der Waals surface area (Å²) >= 11 is 1.25. The quantitative estimate of drug-likeness (QED) is 0.470. The second-order valence-electron chi connectivity index (χ2n) is 8.62. The molecule has 2 aromatic heterocycles. The first-order valence-corrected chi connectivity index (χ1v) is 12.6. The Balaban J connectivity index is 1.65. The molecule has 1 atom stereocenters. The van der Waals surface area contributed by atoms with E-state index in [0.29, 0.717) is 10.4 Å². The molecule has 0 bridgehead atoms. The molecule has 4 rings (SSSR count). The normalized spacial score (nSPS) is 14.8. The number of hydrogen-bond acceptors (Lipinski definition) is 5. The molecule has 0 unspecified atom stereocenters. The van der Waals surface area contributed by atoms with Gasteiger partial charge in [-0.15, -0.1) is 11.3 Å². The number of benzene rings is 1. The molecule has 9 heteroatoms. The molecule has 0 aliphatic heterocycles. The maximum Gasteiger partial charge on any atom is 0.261 e. The highest BCUT2D eigenvalue weighted by molar-refractivity contribution is 7.12. The van der Waals surface area contributed by atoms with Crippen LogP contribution in [0, 0.1) is 12.7 Å². The average Bonchev–Trinajstić information content (AvgIpc) is 3.58. The maximum absolute atomic E-state index is 14.6. The standard InChI is InChI=1S/C26H28FN3O4S/c1-17-11-12-19(15-20(17)27)30(23(31)16-28-25(32)22-10-6-14-35-22)24(21-9-5-13-34-21)26(33)29-18-7-3-2-4-8-18/h5-6,9-15,18,24H,2-4,7-8,16H2,1H3,(H,28,32)(H,29,33)/t24-/m1/s1. The van der Waals surface area contributed by atoms with Gasteiger partial charge in [0.05, 0.1) is 17.7 Å². The molecule has 184 valence electrons. The Morgan fingerprint density at radius 3 is 2.60 bits per heavy atom. The van der Waals surface area contributed by atoms with E-state index in [-0.39, 0.29) is 24.0 Å². The molecule has 1 fully saturated rings. The van der Waals surface area contributed by atoms with E-state index in [2.05, 4.69) is 10.6 Å². The summed E-state index contributed by atoms with van der Waals surface area (Å²) in [5.41, 5.74) is 0.608. The van der Waals surface area contributed by atoms with Gasteiger partial charge >= 0.3 is 0 Å². The van der Waals surface area contributed by atoms with Crippen LogP contribution < -0.4 is 15.5 Å². The van der Waals surface area contributed by atoms with Gasteiger partial charge in [-0.25, -0.2) is 4.39 Å². The van der Waals surface area contributed by atoms with E-state index in [4.69, 9.17) is 4.42 Å². The highest BCUT2D eigenvalue weighted by Gasteiger charge is 2.36. The van der Waals surface area contributed by atoms with E-state index in [9.17, 15) is 18.8 Å². The fourth-order valence-electron chi connectivity index (χ4n) is 4.25. The number of amides is 3. The smallest absolute Gasteiger partial charge is 0.261 e. The van der Waals surface area contributed by atoms with Crippen molar-refractivity contribution in [3.8, 4) is 0 Å². The summed E-state index contributed by atoms with van der Waals surface area (Å²) in [5, 5.41) is 7.42. The highest BCUT2D eigenvalue weighted by atomic mass is 32.1. The number of carbonyl (C=O) groups is 3. The Morgan fingerprint density at radius 1 is 1.14 bits per heavy atom. The Kier molecular flexibility index (Phi) is 7.97. The minimum absolute atomic E-state index is 0.000973. The van der Waals surface area contributed by atoms with Crippen LogP contribution in [0.15, 0.2) is 58.5 Å². The number of nitrogens with zero attached hydrogens (tertiary/aromatic N) is 1. The monoisotopic (exact) mass is 497 g/mol. The zero-order chi connectivity index (χ0) is 24.8. The lowest BCUT2D eigenvalue weighted by Gasteiger charge is -2.32. The van der Waals surface area contributed by atoms with Crippen molar-refractivity contribution >= 4 is 34.7 Å². The molecule has 1 aromatic carbocycles. The molecule has 3 aromatic rings. The predicted molar refractivity (Wildman–Crippen MR) is 132 cm³/mol. The first-order chi connectivity index (χ1) is 16.9. The van der Waals surface area contributed by atoms with Crippen molar-refractivity contribution in [3.05, 3.63) is 76.1 Å². The van der Waals surface area contributed by atoms with E-state index >= 15 is 0 Å². The Morgan fingerprint density at radius 2 is 1.94 bits per heavy atom. The predicted octanol–water partition coefficient (Wildman–Crippen LogP) is 4.74. The first-order valence-electron chi connectivity index (χ1n) is 11.7. The third-order valence-corrected chi connectivity index (χ3v) is 6.99. The number of furan rings is 1. The van der Waals surface area contributed by atoms with Crippen molar-refractivity contribution in [1.82, 2.24) is 10.6 Å². The van der Waals surface area contributed by atoms with Gasteiger partial charge in [0.25, 0.3) is 11.8 Å². The van der Waals surface area contributed by atoms with Gasteiger partial charge in [-0.05, 0) is 61.0 Å². The molecule has 0 spiro atoms. The third-order valence-electron chi connectivity index (χ3n) is 6.12. The summed E-state index contributed by atoms with van der Waals surface area (Å²) in [4.78, 5) is 41.2. The van der Waals surface area contributed by atoms with Gasteiger partial charge in [-0.3, -0.25) is 19.3 Å². The molecule has 1 aliphatic carbocycles. The molecule has 2 N–H and O–H groups in total. The Hall–Kier alpha value is -3.46. The SMILES string of the molecule is Cc1ccc(N(C(=O)CNC(=O)c2cccs2)[C@@H](C(=O)NC2CCCCC2)c2ccco2)cc1F. The van der Waals surface area contributed by atoms with E-state index in [1.165, 1.54) is 28.6 Å². The number of aryl methyl sites for hydroxylation is 1. The molecule has 35 heavy (non-hydrogen) atoms. The van der Waals surface area contributed by atoms with Crippen LogP contribution in [0.3, 0.4) is 0 Å². The number of hydrogen-bond donors (Lipinski definition) is 2. The van der Waals surface area contributed by atoms with Crippen molar-refractivity contribution in [3.63, 3.8) is 0 Å². The van der Waals surface area contributed by atoms with Crippen LogP contribution >= 0.6 is 11.3 Å². The topological polar surface area (TPSA) is 91.7 Å². The first kappa shape index (κ1) is 24.7. The van der Waals surface area contributed by atoms with Gasteiger partial charge in [0.15, 0.2) is 6.04 Å². The largest absolute Gasteiger partial charge is 0.467 e. The highest BCUT2D eigenvalue weighted by Crippen LogP contribution is 2.30. The fraction of sp³-hybridized carbons (Fsp3) is 0.346. The number of halogens is 1. The van der Waals surface area contributed by atoms with Gasteiger partial charge in [0.2, 0.25) is 5.91 Å². The molecular formula is C26H28FN3O4S. The van der Waals surface area contributed by atoms with Crippen LogP contribution in [-0.2, 0) is 9.59 Å². The summed E-state index contributed by atoms with van der Waals surface area (Å²) in [6.45, 7) is 1.24. The molecule has 2 heterocycles. The summed E-state index contributed by atoms with van der Waals surface area (Å²) in [7, 11) is 0. The van der Waals surface area contributed by atoms with Gasteiger partial charge < -0.3 is 15.1 Å². The summed E-state index contributed by atoms with van der Waals surface area (Å²) in [5.74, 6) is -1.64. The van der Waals surface area contributed by atoms with E-state index in [0.717, 1.165) is 32.1 Å². The van der Waals surface area contributed by atoms with E-state index in [1.807, 2.05) is 0 Å². The van der Waals surface area contributed by atoms with Gasteiger partial charge in [-0.2, -0.15) is 0 Å². The average molecular weight is 498 g/mol. The van der Waals surface area contributed by atoms with Crippen molar-refractivity contribution in [1.29, 1.82) is 0 Å². The van der Waals surface area contributed by atoms with Crippen LogP contribution in [0.4, 0.5) is 10.1 Å². The second-order valence-corrected chi connectivity index (χ2v) is 9.57. The van der Waals surface area contributed by atoms with Crippen LogP contribution in [0.2, 0.25) is 0 Å². The lowest BCUT2D eigenvalue weighted by Crippen LogP contribution is -2.49.